The van der Waals surface area contributed by atoms with Gasteiger partial charge in [-0.25, -0.2) is 13.8 Å². The van der Waals surface area contributed by atoms with Crippen LogP contribution in [0.15, 0.2) is 6.07 Å². The molecule has 0 atom stereocenters. The first-order chi connectivity index (χ1) is 7.45. The van der Waals surface area contributed by atoms with E-state index in [0.717, 1.165) is 13.2 Å². The maximum atomic E-state index is 13.0. The summed E-state index contributed by atoms with van der Waals surface area (Å²) < 4.78 is 42.3. The maximum absolute atomic E-state index is 13.0. The number of alkyl halides is 2. The number of rotatable bonds is 4. The molecule has 1 N–H and O–H groups in total. The summed E-state index contributed by atoms with van der Waals surface area (Å²) in [6.45, 7) is 0. The average molecular weight is 235 g/mol. The van der Waals surface area contributed by atoms with Crippen molar-refractivity contribution < 1.29 is 27.8 Å². The van der Waals surface area contributed by atoms with Gasteiger partial charge in [0.15, 0.2) is 0 Å². The van der Waals surface area contributed by atoms with Gasteiger partial charge < -0.3 is 9.84 Å². The van der Waals surface area contributed by atoms with E-state index in [1.54, 1.807) is 0 Å². The number of halogens is 3. The van der Waals surface area contributed by atoms with Crippen molar-refractivity contribution in [3.8, 4) is 5.75 Å². The van der Waals surface area contributed by atoms with E-state index >= 15 is 0 Å². The minimum absolute atomic E-state index is 0.167. The number of aromatic nitrogens is 1. The fraction of sp³-hybridized carbons (Fsp3) is 0.333. The van der Waals surface area contributed by atoms with Gasteiger partial charge in [-0.05, 0) is 6.07 Å². The highest BCUT2D eigenvalue weighted by Crippen LogP contribution is 2.27. The zero-order valence-corrected chi connectivity index (χ0v) is 8.21. The largest absolute Gasteiger partial charge is 0.495 e. The van der Waals surface area contributed by atoms with Gasteiger partial charge in [0, 0.05) is 0 Å². The van der Waals surface area contributed by atoms with Crippen LogP contribution < -0.4 is 4.74 Å². The van der Waals surface area contributed by atoms with E-state index in [2.05, 4.69) is 9.72 Å². The third-order valence-electron chi connectivity index (χ3n) is 1.82. The van der Waals surface area contributed by atoms with Crippen LogP contribution in [-0.2, 0) is 11.2 Å². The molecule has 88 valence electrons. The summed E-state index contributed by atoms with van der Waals surface area (Å²) in [7, 11) is 1.16. The van der Waals surface area contributed by atoms with Crippen LogP contribution in [0.5, 0.6) is 5.75 Å². The van der Waals surface area contributed by atoms with Crippen molar-refractivity contribution in [3.63, 3.8) is 0 Å². The topological polar surface area (TPSA) is 59.4 Å². The number of carbonyl (C=O) groups is 1. The van der Waals surface area contributed by atoms with Crippen LogP contribution in [0, 0.1) is 5.95 Å². The normalized spacial score (nSPS) is 10.6. The van der Waals surface area contributed by atoms with Crippen molar-refractivity contribution in [2.24, 2.45) is 0 Å². The number of aliphatic carboxylic acids is 1. The lowest BCUT2D eigenvalue weighted by molar-refractivity contribution is -0.136. The highest BCUT2D eigenvalue weighted by Gasteiger charge is 2.20. The van der Waals surface area contributed by atoms with Crippen LogP contribution in [-0.4, -0.2) is 23.2 Å². The summed E-state index contributed by atoms with van der Waals surface area (Å²) in [5, 5.41) is 8.49. The van der Waals surface area contributed by atoms with E-state index in [9.17, 15) is 18.0 Å². The summed E-state index contributed by atoms with van der Waals surface area (Å²) in [6, 6.07) is 0.755. The first-order valence-electron chi connectivity index (χ1n) is 4.19. The minimum Gasteiger partial charge on any atom is -0.495 e. The predicted octanol–water partition coefficient (Wildman–Crippen LogP) is 1.79. The fourth-order valence-electron chi connectivity index (χ4n) is 1.12. The quantitative estimate of drug-likeness (QED) is 0.808. The lowest BCUT2D eigenvalue weighted by Gasteiger charge is -2.09. The standard InChI is InChI=1S/C9H8F3NO3/c1-16-6-2-4(8(10)11)9(12)13-5(6)3-7(14)15/h2,8H,3H2,1H3,(H,14,15). The summed E-state index contributed by atoms with van der Waals surface area (Å²) in [5.74, 6) is -2.80. The second-order valence-electron chi connectivity index (χ2n) is 2.89. The lowest BCUT2D eigenvalue weighted by Crippen LogP contribution is -2.08. The summed E-state index contributed by atoms with van der Waals surface area (Å²) >= 11 is 0. The summed E-state index contributed by atoms with van der Waals surface area (Å²) in [6.07, 6.45) is -3.62. The smallest absolute Gasteiger partial charge is 0.309 e. The number of ether oxygens (including phenoxy) is 1. The maximum Gasteiger partial charge on any atom is 0.309 e. The monoisotopic (exact) mass is 235 g/mol. The molecule has 0 aromatic carbocycles. The zero-order chi connectivity index (χ0) is 12.3. The van der Waals surface area contributed by atoms with E-state index in [-0.39, 0.29) is 11.4 Å². The molecule has 4 nitrogen and oxygen atoms in total. The Morgan fingerprint density at radius 3 is 2.69 bits per heavy atom. The van der Waals surface area contributed by atoms with E-state index in [1.807, 2.05) is 0 Å². The van der Waals surface area contributed by atoms with Gasteiger partial charge in [-0.3, -0.25) is 4.79 Å². The molecule has 16 heavy (non-hydrogen) atoms. The van der Waals surface area contributed by atoms with Crippen molar-refractivity contribution in [2.45, 2.75) is 12.8 Å². The Kier molecular flexibility index (Phi) is 3.70. The van der Waals surface area contributed by atoms with Gasteiger partial charge in [0.25, 0.3) is 6.43 Å². The summed E-state index contributed by atoms with van der Waals surface area (Å²) in [4.78, 5) is 13.6. The molecule has 0 spiro atoms. The summed E-state index contributed by atoms with van der Waals surface area (Å²) in [5.41, 5.74) is -1.14. The molecule has 0 unspecified atom stereocenters. The van der Waals surface area contributed by atoms with Gasteiger partial charge in [-0.15, -0.1) is 0 Å². The Hall–Kier alpha value is -1.79. The van der Waals surface area contributed by atoms with Gasteiger partial charge in [-0.1, -0.05) is 0 Å². The first kappa shape index (κ1) is 12.3. The SMILES string of the molecule is COc1cc(C(F)F)c(F)nc1CC(=O)O. The number of hydrogen-bond donors (Lipinski definition) is 1. The van der Waals surface area contributed by atoms with E-state index < -0.39 is 30.3 Å². The molecule has 0 saturated carbocycles. The van der Waals surface area contributed by atoms with Crippen molar-refractivity contribution >= 4 is 5.97 Å². The molecule has 0 fully saturated rings. The molecule has 0 amide bonds. The zero-order valence-electron chi connectivity index (χ0n) is 8.21. The number of pyridine rings is 1. The number of methoxy groups -OCH3 is 1. The molecule has 0 bridgehead atoms. The fourth-order valence-corrected chi connectivity index (χ4v) is 1.12. The molecular formula is C9H8F3NO3. The highest BCUT2D eigenvalue weighted by molar-refractivity contribution is 5.70. The molecule has 7 heteroatoms. The molecule has 0 saturated heterocycles. The van der Waals surface area contributed by atoms with E-state index in [0.29, 0.717) is 0 Å². The van der Waals surface area contributed by atoms with Gasteiger partial charge >= 0.3 is 5.97 Å². The number of nitrogens with zero attached hydrogens (tertiary/aromatic N) is 1. The van der Waals surface area contributed by atoms with E-state index in [4.69, 9.17) is 5.11 Å². The third-order valence-corrected chi connectivity index (χ3v) is 1.82. The van der Waals surface area contributed by atoms with Crippen molar-refractivity contribution in [1.82, 2.24) is 4.98 Å². The molecule has 0 aliphatic rings. The Bertz CT molecular complexity index is 409. The Morgan fingerprint density at radius 1 is 1.62 bits per heavy atom. The molecule has 1 rings (SSSR count). The Morgan fingerprint density at radius 2 is 2.25 bits per heavy atom. The van der Waals surface area contributed by atoms with Crippen LogP contribution in [0.25, 0.3) is 0 Å². The highest BCUT2D eigenvalue weighted by atomic mass is 19.3. The van der Waals surface area contributed by atoms with Crippen LogP contribution in [0.1, 0.15) is 17.7 Å². The van der Waals surface area contributed by atoms with Crippen LogP contribution in [0.3, 0.4) is 0 Å². The second kappa shape index (κ2) is 4.82. The molecule has 1 aromatic heterocycles. The Labute approximate surface area is 88.7 Å². The third kappa shape index (κ3) is 2.62. The van der Waals surface area contributed by atoms with Crippen LogP contribution >= 0.6 is 0 Å². The van der Waals surface area contributed by atoms with Gasteiger partial charge in [0.1, 0.15) is 5.75 Å². The van der Waals surface area contributed by atoms with Crippen molar-refractivity contribution in [2.75, 3.05) is 7.11 Å². The van der Waals surface area contributed by atoms with Gasteiger partial charge in [-0.2, -0.15) is 4.39 Å². The molecule has 0 aliphatic carbocycles. The predicted molar refractivity (Wildman–Crippen MR) is 47.0 cm³/mol. The van der Waals surface area contributed by atoms with Gasteiger partial charge in [0.05, 0.1) is 24.8 Å². The second-order valence-corrected chi connectivity index (χ2v) is 2.89. The van der Waals surface area contributed by atoms with Gasteiger partial charge in [0.2, 0.25) is 5.95 Å². The molecule has 0 radical (unpaired) electrons. The lowest BCUT2D eigenvalue weighted by atomic mass is 10.2. The number of hydrogen-bond acceptors (Lipinski definition) is 3. The molecule has 0 aliphatic heterocycles. The number of carboxylic acid groups (broad SMARTS) is 1. The van der Waals surface area contributed by atoms with Crippen LogP contribution in [0.4, 0.5) is 13.2 Å². The minimum atomic E-state index is -3.03. The molecule has 1 aromatic rings. The first-order valence-corrected chi connectivity index (χ1v) is 4.19. The molecule has 1 heterocycles. The van der Waals surface area contributed by atoms with Crippen molar-refractivity contribution in [3.05, 3.63) is 23.3 Å². The Balaban J connectivity index is 3.20. The van der Waals surface area contributed by atoms with E-state index in [1.165, 1.54) is 0 Å². The molecular weight excluding hydrogens is 227 g/mol. The average Bonchev–Trinajstić information content (AvgIpc) is 2.16. The number of carboxylic acids is 1. The van der Waals surface area contributed by atoms with Crippen molar-refractivity contribution in [1.29, 1.82) is 0 Å². The van der Waals surface area contributed by atoms with Crippen LogP contribution in [0.2, 0.25) is 0 Å².